The Labute approximate surface area is 281 Å². The van der Waals surface area contributed by atoms with Crippen LogP contribution >= 0.6 is 23.2 Å². The molecule has 0 spiro atoms. The Hall–Kier alpha value is -5.19. The number of para-hydroxylation sites is 1. The van der Waals surface area contributed by atoms with Crippen LogP contribution in [0.5, 0.6) is 5.75 Å². The van der Waals surface area contributed by atoms with Crippen LogP contribution in [0.3, 0.4) is 0 Å². The summed E-state index contributed by atoms with van der Waals surface area (Å²) in [7, 11) is 1.56. The summed E-state index contributed by atoms with van der Waals surface area (Å²) in [4.78, 5) is 47.5. The van der Waals surface area contributed by atoms with Crippen LogP contribution in [-0.2, 0) is 20.9 Å². The van der Waals surface area contributed by atoms with E-state index < -0.39 is 17.8 Å². The van der Waals surface area contributed by atoms with E-state index in [1.165, 1.54) is 11.0 Å². The number of halogens is 2. The highest BCUT2D eigenvalue weighted by atomic mass is 35.5. The fraction of sp³-hybridized carbons (Fsp3) is 0.171. The number of carbonyl (C=O) groups is 3. The van der Waals surface area contributed by atoms with Gasteiger partial charge in [0, 0.05) is 47.2 Å². The molecule has 240 valence electrons. The zero-order chi connectivity index (χ0) is 33.5. The summed E-state index contributed by atoms with van der Waals surface area (Å²) in [5, 5.41) is 4.08. The van der Waals surface area contributed by atoms with Gasteiger partial charge >= 0.3 is 5.97 Å². The Balaban J connectivity index is 1.24. The number of benzene rings is 3. The van der Waals surface area contributed by atoms with Crippen molar-refractivity contribution >= 4 is 63.7 Å². The number of nitrogens with one attached hydrogen (secondary N) is 1. The molecular weight excluding hydrogens is 641 g/mol. The van der Waals surface area contributed by atoms with E-state index in [9.17, 15) is 14.4 Å². The SMILES string of the molecule is CCOC(=O)c1ccc(C=CC(=O)NCC(=O)N(C)c2ccc(Cl)c(COc3cccc4c(-n5ccnc5)cc(C)nc34)c2Cl)cc1. The predicted octanol–water partition coefficient (Wildman–Crippen LogP) is 6.58. The van der Waals surface area contributed by atoms with Crippen LogP contribution < -0.4 is 15.0 Å². The van der Waals surface area contributed by atoms with Gasteiger partial charge in [0.2, 0.25) is 11.8 Å². The lowest BCUT2D eigenvalue weighted by molar-refractivity contribution is -0.122. The molecule has 2 aromatic heterocycles. The second-order valence-electron chi connectivity index (χ2n) is 10.4. The largest absolute Gasteiger partial charge is 0.487 e. The highest BCUT2D eigenvalue weighted by Gasteiger charge is 2.20. The molecule has 10 nitrogen and oxygen atoms in total. The summed E-state index contributed by atoms with van der Waals surface area (Å²) in [5.74, 6) is -0.739. The molecule has 2 amide bonds. The number of aryl methyl sites for hydroxylation is 1. The molecule has 5 rings (SSSR count). The predicted molar refractivity (Wildman–Crippen MR) is 182 cm³/mol. The molecule has 0 unspecified atom stereocenters. The van der Waals surface area contributed by atoms with Crippen LogP contribution in [0.1, 0.15) is 34.1 Å². The normalized spacial score (nSPS) is 11.1. The van der Waals surface area contributed by atoms with Gasteiger partial charge in [0.1, 0.15) is 17.9 Å². The number of rotatable bonds is 11. The average molecular weight is 673 g/mol. The third kappa shape index (κ3) is 7.79. The van der Waals surface area contributed by atoms with E-state index in [4.69, 9.17) is 37.7 Å². The molecule has 0 aliphatic carbocycles. The number of esters is 1. The molecule has 0 bridgehead atoms. The van der Waals surface area contributed by atoms with E-state index >= 15 is 0 Å². The zero-order valence-electron chi connectivity index (χ0n) is 25.9. The molecule has 0 atom stereocenters. The van der Waals surface area contributed by atoms with Gasteiger partial charge in [-0.1, -0.05) is 47.5 Å². The summed E-state index contributed by atoms with van der Waals surface area (Å²) < 4.78 is 13.1. The maximum atomic E-state index is 13.0. The minimum Gasteiger partial charge on any atom is -0.487 e. The summed E-state index contributed by atoms with van der Waals surface area (Å²) in [5.41, 5.74) is 4.41. The van der Waals surface area contributed by atoms with E-state index in [2.05, 4.69) is 10.3 Å². The van der Waals surface area contributed by atoms with E-state index in [1.54, 1.807) is 69.0 Å². The molecule has 0 aliphatic heterocycles. The van der Waals surface area contributed by atoms with Gasteiger partial charge in [-0.2, -0.15) is 0 Å². The lowest BCUT2D eigenvalue weighted by Crippen LogP contribution is -2.37. The van der Waals surface area contributed by atoms with E-state index in [0.717, 1.165) is 16.8 Å². The summed E-state index contributed by atoms with van der Waals surface area (Å²) in [6.07, 6.45) is 8.18. The van der Waals surface area contributed by atoms with Gasteiger partial charge in [-0.15, -0.1) is 0 Å². The lowest BCUT2D eigenvalue weighted by Gasteiger charge is -2.21. The quantitative estimate of drug-likeness (QED) is 0.124. The third-order valence-electron chi connectivity index (χ3n) is 7.23. The van der Waals surface area contributed by atoms with Gasteiger partial charge in [-0.3, -0.25) is 9.59 Å². The Morgan fingerprint density at radius 1 is 1.06 bits per heavy atom. The molecule has 0 fully saturated rings. The van der Waals surface area contributed by atoms with Crippen molar-refractivity contribution in [3.63, 3.8) is 0 Å². The van der Waals surface area contributed by atoms with Crippen molar-refractivity contribution in [1.82, 2.24) is 19.9 Å². The minimum absolute atomic E-state index is 0.0188. The lowest BCUT2D eigenvalue weighted by atomic mass is 10.1. The van der Waals surface area contributed by atoms with Crippen LogP contribution in [0.4, 0.5) is 5.69 Å². The minimum atomic E-state index is -0.465. The van der Waals surface area contributed by atoms with Crippen molar-refractivity contribution in [2.24, 2.45) is 0 Å². The highest BCUT2D eigenvalue weighted by Crippen LogP contribution is 2.36. The number of fused-ring (bicyclic) bond motifs is 1. The van der Waals surface area contributed by atoms with Crippen molar-refractivity contribution < 1.29 is 23.9 Å². The standard InChI is InChI=1S/C35H31Cl2N5O5/c1-4-46-35(45)24-11-8-23(9-12-24)10-15-31(43)39-19-32(44)41(3)28-14-13-27(36)26(33(28)37)20-47-30-7-5-6-25-29(42-17-16-38-21-42)18-22(2)40-34(25)30/h5-18,21H,4,19-20H2,1-3H3,(H,39,43). The number of pyridine rings is 1. The molecule has 0 saturated heterocycles. The average Bonchev–Trinajstić information content (AvgIpc) is 3.61. The first kappa shape index (κ1) is 33.2. The molecule has 1 N–H and O–H groups in total. The number of aromatic nitrogens is 3. The highest BCUT2D eigenvalue weighted by molar-refractivity contribution is 6.38. The number of hydrogen-bond acceptors (Lipinski definition) is 7. The van der Waals surface area contributed by atoms with E-state index in [-0.39, 0.29) is 24.8 Å². The van der Waals surface area contributed by atoms with E-state index in [0.29, 0.717) is 38.7 Å². The summed E-state index contributed by atoms with van der Waals surface area (Å²) >= 11 is 13.3. The van der Waals surface area contributed by atoms with Crippen molar-refractivity contribution in [2.45, 2.75) is 20.5 Å². The molecule has 5 aromatic rings. The van der Waals surface area contributed by atoms with Crippen molar-refractivity contribution in [3.8, 4) is 11.4 Å². The van der Waals surface area contributed by atoms with Gasteiger partial charge in [0.25, 0.3) is 0 Å². The first-order valence-corrected chi connectivity index (χ1v) is 15.4. The fourth-order valence-electron chi connectivity index (χ4n) is 4.78. The number of imidazole rings is 1. The number of anilines is 1. The number of amides is 2. The summed E-state index contributed by atoms with van der Waals surface area (Å²) in [6.45, 7) is 3.68. The van der Waals surface area contributed by atoms with Crippen molar-refractivity contribution in [2.75, 3.05) is 25.1 Å². The second-order valence-corrected chi connectivity index (χ2v) is 11.2. The maximum Gasteiger partial charge on any atom is 0.338 e. The number of nitrogens with zero attached hydrogens (tertiary/aromatic N) is 4. The van der Waals surface area contributed by atoms with E-state index in [1.807, 2.05) is 42.0 Å². The molecule has 0 radical (unpaired) electrons. The first-order valence-electron chi connectivity index (χ1n) is 14.6. The smallest absolute Gasteiger partial charge is 0.338 e. The Morgan fingerprint density at radius 3 is 2.57 bits per heavy atom. The second kappa shape index (κ2) is 14.9. The molecule has 47 heavy (non-hydrogen) atoms. The molecule has 0 aliphatic rings. The van der Waals surface area contributed by atoms with Crippen LogP contribution in [0.15, 0.2) is 85.5 Å². The van der Waals surface area contributed by atoms with Crippen LogP contribution in [0, 0.1) is 6.92 Å². The van der Waals surface area contributed by atoms with Crippen LogP contribution in [-0.4, -0.2) is 52.5 Å². The Bertz CT molecular complexity index is 1960. The van der Waals surface area contributed by atoms with Crippen molar-refractivity contribution in [3.05, 3.63) is 118 Å². The monoisotopic (exact) mass is 671 g/mol. The molecule has 0 saturated carbocycles. The molecule has 12 heteroatoms. The fourth-order valence-corrected chi connectivity index (χ4v) is 5.38. The van der Waals surface area contributed by atoms with Gasteiger partial charge < -0.3 is 24.3 Å². The number of carbonyl (C=O) groups excluding carboxylic acids is 3. The van der Waals surface area contributed by atoms with Gasteiger partial charge in [0.15, 0.2) is 0 Å². The molecular formula is C35H31Cl2N5O5. The number of likely N-dealkylation sites (N-methyl/N-ethyl adjacent to an activating group) is 1. The van der Waals surface area contributed by atoms with Crippen LogP contribution in [0.25, 0.3) is 22.7 Å². The first-order chi connectivity index (χ1) is 22.7. The van der Waals surface area contributed by atoms with Gasteiger partial charge in [-0.25, -0.2) is 14.8 Å². The number of ether oxygens (including phenoxy) is 2. The number of hydrogen-bond donors (Lipinski definition) is 1. The Morgan fingerprint density at radius 2 is 1.85 bits per heavy atom. The van der Waals surface area contributed by atoms with Gasteiger partial charge in [0.05, 0.1) is 41.4 Å². The summed E-state index contributed by atoms with van der Waals surface area (Å²) in [6, 6.07) is 17.5. The Kier molecular flexibility index (Phi) is 10.5. The maximum absolute atomic E-state index is 13.0. The third-order valence-corrected chi connectivity index (χ3v) is 8.00. The molecule has 2 heterocycles. The van der Waals surface area contributed by atoms with Crippen LogP contribution in [0.2, 0.25) is 10.0 Å². The van der Waals surface area contributed by atoms with Gasteiger partial charge in [-0.05, 0) is 61.9 Å². The topological polar surface area (TPSA) is 116 Å². The zero-order valence-corrected chi connectivity index (χ0v) is 27.4. The molecule has 3 aromatic carbocycles. The van der Waals surface area contributed by atoms with Crippen molar-refractivity contribution in [1.29, 1.82) is 0 Å².